The van der Waals surface area contributed by atoms with Gasteiger partial charge in [0.15, 0.2) is 0 Å². The van der Waals surface area contributed by atoms with E-state index >= 15 is 0 Å². The fourth-order valence-corrected chi connectivity index (χ4v) is 3.74. The van der Waals surface area contributed by atoms with Crippen molar-refractivity contribution in [1.82, 2.24) is 0 Å². The lowest BCUT2D eigenvalue weighted by atomic mass is 10.3. The molecule has 2 aromatic heterocycles. The Bertz CT molecular complexity index is 477. The minimum Gasteiger partial charge on any atom is -0.468 e. The average Bonchev–Trinajstić information content (AvgIpc) is 2.97. The summed E-state index contributed by atoms with van der Waals surface area (Å²) < 4.78 is 10.8. The molecule has 0 aromatic carbocycles. The molecule has 0 N–H and O–H groups in total. The van der Waals surface area contributed by atoms with Gasteiger partial charge in [-0.2, -0.15) is 0 Å². The molecule has 0 unspecified atom stereocenters. The van der Waals surface area contributed by atoms with Crippen LogP contribution in [0.25, 0.3) is 0 Å². The van der Waals surface area contributed by atoms with Gasteiger partial charge in [-0.25, -0.2) is 0 Å². The number of rotatable bonds is 7. The van der Waals surface area contributed by atoms with Crippen LogP contribution in [0.4, 0.5) is 0 Å². The Morgan fingerprint density at radius 1 is 0.889 bits per heavy atom. The lowest BCUT2D eigenvalue weighted by molar-refractivity contribution is 0.514. The van der Waals surface area contributed by atoms with Crippen LogP contribution in [-0.2, 0) is 12.8 Å². The fraction of sp³-hybridized carbons (Fsp3) is 0.143. The van der Waals surface area contributed by atoms with E-state index in [9.17, 15) is 0 Å². The molecule has 4 heteroatoms. The molecule has 2 nitrogen and oxygen atoms in total. The summed E-state index contributed by atoms with van der Waals surface area (Å²) in [5.74, 6) is 1.91. The van der Waals surface area contributed by atoms with E-state index in [1.54, 1.807) is 34.1 Å². The normalized spacial score (nSPS) is 10.4. The van der Waals surface area contributed by atoms with E-state index in [0.29, 0.717) is 0 Å². The third-order valence-corrected chi connectivity index (χ3v) is 4.79. The lowest BCUT2D eigenvalue weighted by Crippen LogP contribution is -1.79. The monoisotopic (exact) mass is 278 g/mol. The molecule has 94 valence electrons. The van der Waals surface area contributed by atoms with E-state index in [2.05, 4.69) is 13.2 Å². The van der Waals surface area contributed by atoms with Crippen LogP contribution in [0.5, 0.6) is 0 Å². The molecule has 0 aliphatic carbocycles. The Morgan fingerprint density at radius 2 is 1.33 bits per heavy atom. The molecule has 2 rings (SSSR count). The Hall–Kier alpha value is -1.26. The Kier molecular flexibility index (Phi) is 4.84. The van der Waals surface area contributed by atoms with Gasteiger partial charge in [0.1, 0.15) is 11.5 Å². The zero-order chi connectivity index (χ0) is 12.8. The second-order valence-corrected chi connectivity index (χ2v) is 5.78. The van der Waals surface area contributed by atoms with E-state index in [1.165, 1.54) is 0 Å². The van der Waals surface area contributed by atoms with Crippen LogP contribution in [0, 0.1) is 0 Å². The quantitative estimate of drug-likeness (QED) is 0.518. The highest BCUT2D eigenvalue weighted by atomic mass is 33.1. The van der Waals surface area contributed by atoms with Gasteiger partial charge in [0, 0.05) is 12.8 Å². The summed E-state index contributed by atoms with van der Waals surface area (Å²) in [6.45, 7) is 7.45. The topological polar surface area (TPSA) is 26.3 Å². The first-order valence-corrected chi connectivity index (χ1v) is 7.69. The molecule has 0 radical (unpaired) electrons. The standard InChI is InChI=1S/C14H14O2S2/c1-3-5-11-13(7-9-15-11)17-18-14-8-10-16-12(14)6-4-2/h3-4,7-10H,1-2,5-6H2. The summed E-state index contributed by atoms with van der Waals surface area (Å²) in [4.78, 5) is 2.26. The van der Waals surface area contributed by atoms with Crippen LogP contribution >= 0.6 is 21.6 Å². The molecule has 0 saturated heterocycles. The third-order valence-electron chi connectivity index (χ3n) is 2.29. The van der Waals surface area contributed by atoms with Crippen molar-refractivity contribution >= 4 is 21.6 Å². The van der Waals surface area contributed by atoms with Crippen LogP contribution in [0.2, 0.25) is 0 Å². The minimum atomic E-state index is 0.751. The third kappa shape index (κ3) is 3.15. The van der Waals surface area contributed by atoms with Crippen molar-refractivity contribution in [2.75, 3.05) is 0 Å². The van der Waals surface area contributed by atoms with Crippen molar-refractivity contribution in [1.29, 1.82) is 0 Å². The van der Waals surface area contributed by atoms with Gasteiger partial charge in [0.2, 0.25) is 0 Å². The molecule has 2 heterocycles. The van der Waals surface area contributed by atoms with Crippen molar-refractivity contribution < 1.29 is 8.83 Å². The molecule has 0 amide bonds. The van der Waals surface area contributed by atoms with Gasteiger partial charge in [-0.1, -0.05) is 12.2 Å². The van der Waals surface area contributed by atoms with Crippen LogP contribution in [0.3, 0.4) is 0 Å². The predicted octanol–water partition coefficient (Wildman–Crippen LogP) is 5.13. The highest BCUT2D eigenvalue weighted by Gasteiger charge is 2.10. The SMILES string of the molecule is C=CCc1occc1SSc1ccoc1CC=C. The van der Waals surface area contributed by atoms with Gasteiger partial charge in [-0.3, -0.25) is 0 Å². The molecule has 0 aliphatic heterocycles. The summed E-state index contributed by atoms with van der Waals surface area (Å²) in [7, 11) is 3.34. The first kappa shape index (κ1) is 13.2. The molecular formula is C14H14O2S2. The van der Waals surface area contributed by atoms with Crippen LogP contribution in [0.15, 0.2) is 68.6 Å². The van der Waals surface area contributed by atoms with Crippen molar-refractivity contribution in [3.8, 4) is 0 Å². The molecule has 0 spiro atoms. The van der Waals surface area contributed by atoms with E-state index in [-0.39, 0.29) is 0 Å². The maximum absolute atomic E-state index is 5.41. The highest BCUT2D eigenvalue weighted by Crippen LogP contribution is 2.41. The zero-order valence-corrected chi connectivity index (χ0v) is 11.6. The molecule has 0 aliphatic rings. The van der Waals surface area contributed by atoms with Crippen LogP contribution < -0.4 is 0 Å². The second kappa shape index (κ2) is 6.61. The number of allylic oxidation sites excluding steroid dienone is 2. The molecular weight excluding hydrogens is 264 g/mol. The smallest absolute Gasteiger partial charge is 0.121 e. The fourth-order valence-electron chi connectivity index (χ4n) is 1.46. The largest absolute Gasteiger partial charge is 0.468 e. The molecule has 0 fully saturated rings. The summed E-state index contributed by atoms with van der Waals surface area (Å²) in [5.41, 5.74) is 0. The summed E-state index contributed by atoms with van der Waals surface area (Å²) in [5, 5.41) is 0. The van der Waals surface area contributed by atoms with Gasteiger partial charge in [-0.15, -0.1) is 13.2 Å². The van der Waals surface area contributed by atoms with Gasteiger partial charge in [-0.05, 0) is 33.7 Å². The summed E-state index contributed by atoms with van der Waals surface area (Å²) in [6.07, 6.45) is 8.61. The minimum absolute atomic E-state index is 0.751. The van der Waals surface area contributed by atoms with Crippen molar-refractivity contribution in [3.05, 3.63) is 61.5 Å². The Morgan fingerprint density at radius 3 is 1.72 bits per heavy atom. The van der Waals surface area contributed by atoms with E-state index in [4.69, 9.17) is 8.83 Å². The van der Waals surface area contributed by atoms with Gasteiger partial charge in [0.25, 0.3) is 0 Å². The second-order valence-electron chi connectivity index (χ2n) is 3.57. The predicted molar refractivity (Wildman–Crippen MR) is 76.9 cm³/mol. The Balaban J connectivity index is 2.02. The van der Waals surface area contributed by atoms with Crippen molar-refractivity contribution in [3.63, 3.8) is 0 Å². The maximum Gasteiger partial charge on any atom is 0.121 e. The van der Waals surface area contributed by atoms with Crippen LogP contribution in [-0.4, -0.2) is 0 Å². The molecule has 18 heavy (non-hydrogen) atoms. The summed E-state index contributed by atoms with van der Waals surface area (Å²) in [6, 6.07) is 3.95. The van der Waals surface area contributed by atoms with E-state index in [0.717, 1.165) is 34.2 Å². The van der Waals surface area contributed by atoms with Gasteiger partial charge in [0.05, 0.1) is 22.3 Å². The number of hydrogen-bond acceptors (Lipinski definition) is 4. The first-order chi connectivity index (χ1) is 8.85. The van der Waals surface area contributed by atoms with E-state index in [1.807, 2.05) is 24.3 Å². The highest BCUT2D eigenvalue weighted by molar-refractivity contribution is 8.76. The zero-order valence-electron chi connectivity index (χ0n) is 9.93. The van der Waals surface area contributed by atoms with Crippen molar-refractivity contribution in [2.24, 2.45) is 0 Å². The van der Waals surface area contributed by atoms with Gasteiger partial charge < -0.3 is 8.83 Å². The summed E-state index contributed by atoms with van der Waals surface area (Å²) >= 11 is 0. The average molecular weight is 278 g/mol. The van der Waals surface area contributed by atoms with Crippen LogP contribution in [0.1, 0.15) is 11.5 Å². The molecule has 0 bridgehead atoms. The first-order valence-electron chi connectivity index (χ1n) is 5.54. The Labute approximate surface area is 115 Å². The number of furan rings is 2. The molecule has 0 saturated carbocycles. The van der Waals surface area contributed by atoms with Gasteiger partial charge >= 0.3 is 0 Å². The van der Waals surface area contributed by atoms with E-state index < -0.39 is 0 Å². The molecule has 2 aromatic rings. The molecule has 0 atom stereocenters. The lowest BCUT2D eigenvalue weighted by Gasteiger charge is -2.00. The number of hydrogen-bond donors (Lipinski definition) is 0. The van der Waals surface area contributed by atoms with Crippen molar-refractivity contribution in [2.45, 2.75) is 22.6 Å². The maximum atomic E-state index is 5.41.